The maximum absolute atomic E-state index is 13.3. The van der Waals surface area contributed by atoms with Crippen molar-refractivity contribution < 1.29 is 18.3 Å². The monoisotopic (exact) mass is 225 g/mol. The van der Waals surface area contributed by atoms with E-state index in [1.165, 1.54) is 12.1 Å². The highest BCUT2D eigenvalue weighted by atomic mass is 19.2. The molecule has 1 heterocycles. The zero-order valence-electron chi connectivity index (χ0n) is 7.92. The number of rotatable bonds is 1. The third-order valence-electron chi connectivity index (χ3n) is 2.07. The van der Waals surface area contributed by atoms with Gasteiger partial charge in [-0.3, -0.25) is 0 Å². The van der Waals surface area contributed by atoms with Crippen LogP contribution in [0.2, 0.25) is 0 Å². The summed E-state index contributed by atoms with van der Waals surface area (Å²) in [5, 5.41) is 9.11. The molecule has 0 unspecified atom stereocenters. The molecule has 1 aromatic carbocycles. The molecule has 0 aliphatic rings. The van der Waals surface area contributed by atoms with Crippen LogP contribution in [0.1, 0.15) is 0 Å². The van der Waals surface area contributed by atoms with Crippen LogP contribution >= 0.6 is 0 Å². The van der Waals surface area contributed by atoms with Crippen molar-refractivity contribution in [2.75, 3.05) is 0 Å². The molecule has 0 aliphatic carbocycles. The molecule has 1 aromatic heterocycles. The summed E-state index contributed by atoms with van der Waals surface area (Å²) in [6.45, 7) is 0. The predicted octanol–water partition coefficient (Wildman–Crippen LogP) is 2.87. The van der Waals surface area contributed by atoms with Gasteiger partial charge in [0.15, 0.2) is 11.6 Å². The first-order valence-electron chi connectivity index (χ1n) is 4.38. The molecular weight excluding hydrogens is 219 g/mol. The van der Waals surface area contributed by atoms with Gasteiger partial charge in [-0.1, -0.05) is 12.1 Å². The molecule has 2 rings (SSSR count). The van der Waals surface area contributed by atoms with Crippen molar-refractivity contribution >= 4 is 0 Å². The average molecular weight is 225 g/mol. The third kappa shape index (κ3) is 1.71. The zero-order chi connectivity index (χ0) is 11.7. The zero-order valence-corrected chi connectivity index (χ0v) is 7.92. The van der Waals surface area contributed by atoms with Gasteiger partial charge in [0.1, 0.15) is 5.75 Å². The fourth-order valence-corrected chi connectivity index (χ4v) is 1.34. The number of hydrogen-bond acceptors (Lipinski definition) is 2. The highest BCUT2D eigenvalue weighted by molar-refractivity contribution is 5.65. The van der Waals surface area contributed by atoms with Crippen molar-refractivity contribution in [2.24, 2.45) is 0 Å². The standard InChI is InChI=1S/C11H6F3NO/c12-9-3-1-2-7(10(9)13)8-4-6(16)5-15-11(8)14/h1-5,16H. The van der Waals surface area contributed by atoms with E-state index in [1.54, 1.807) is 0 Å². The molecule has 0 atom stereocenters. The fraction of sp³-hybridized carbons (Fsp3) is 0. The second-order valence-corrected chi connectivity index (χ2v) is 3.13. The topological polar surface area (TPSA) is 33.1 Å². The van der Waals surface area contributed by atoms with Crippen molar-refractivity contribution in [3.8, 4) is 16.9 Å². The van der Waals surface area contributed by atoms with E-state index in [1.807, 2.05) is 0 Å². The number of benzene rings is 1. The van der Waals surface area contributed by atoms with Crippen LogP contribution < -0.4 is 0 Å². The van der Waals surface area contributed by atoms with Gasteiger partial charge in [0.2, 0.25) is 5.95 Å². The molecule has 16 heavy (non-hydrogen) atoms. The Labute approximate surface area is 89.0 Å². The molecule has 1 N–H and O–H groups in total. The SMILES string of the molecule is Oc1cnc(F)c(-c2cccc(F)c2F)c1. The summed E-state index contributed by atoms with van der Waals surface area (Å²) >= 11 is 0. The number of aromatic nitrogens is 1. The summed E-state index contributed by atoms with van der Waals surface area (Å²) in [5.74, 6) is -3.54. The van der Waals surface area contributed by atoms with Crippen LogP contribution in [-0.2, 0) is 0 Å². The summed E-state index contributed by atoms with van der Waals surface area (Å²) in [6, 6.07) is 4.36. The summed E-state index contributed by atoms with van der Waals surface area (Å²) in [7, 11) is 0. The molecule has 0 spiro atoms. The minimum absolute atomic E-state index is 0.277. The maximum Gasteiger partial charge on any atom is 0.221 e. The predicted molar refractivity (Wildman–Crippen MR) is 51.2 cm³/mol. The Hall–Kier alpha value is -2.04. The van der Waals surface area contributed by atoms with Gasteiger partial charge in [-0.05, 0) is 12.1 Å². The molecule has 2 nitrogen and oxygen atoms in total. The van der Waals surface area contributed by atoms with Crippen LogP contribution in [0.25, 0.3) is 11.1 Å². The van der Waals surface area contributed by atoms with Crippen molar-refractivity contribution in [2.45, 2.75) is 0 Å². The molecular formula is C11H6F3NO. The first-order chi connectivity index (χ1) is 7.59. The van der Waals surface area contributed by atoms with E-state index in [2.05, 4.69) is 4.98 Å². The number of halogens is 3. The highest BCUT2D eigenvalue weighted by Crippen LogP contribution is 2.28. The lowest BCUT2D eigenvalue weighted by Gasteiger charge is -2.05. The van der Waals surface area contributed by atoms with E-state index >= 15 is 0 Å². The van der Waals surface area contributed by atoms with Gasteiger partial charge < -0.3 is 5.11 Å². The number of pyridine rings is 1. The minimum atomic E-state index is -1.17. The Morgan fingerprint density at radius 1 is 1.06 bits per heavy atom. The lowest BCUT2D eigenvalue weighted by atomic mass is 10.1. The molecule has 82 valence electrons. The van der Waals surface area contributed by atoms with Crippen LogP contribution in [0.15, 0.2) is 30.5 Å². The van der Waals surface area contributed by atoms with Crippen LogP contribution in [0.4, 0.5) is 13.2 Å². The molecule has 0 saturated carbocycles. The first kappa shape index (κ1) is 10.5. The number of hydrogen-bond donors (Lipinski definition) is 1. The normalized spacial score (nSPS) is 10.4. The van der Waals surface area contributed by atoms with Crippen molar-refractivity contribution in [3.05, 3.63) is 48.0 Å². The molecule has 0 fully saturated rings. The van der Waals surface area contributed by atoms with E-state index in [9.17, 15) is 13.2 Å². The average Bonchev–Trinajstić information content (AvgIpc) is 2.26. The van der Waals surface area contributed by atoms with Crippen LogP contribution in [0.3, 0.4) is 0 Å². The molecule has 0 radical (unpaired) electrons. The van der Waals surface area contributed by atoms with Crippen molar-refractivity contribution in [1.82, 2.24) is 4.98 Å². The molecule has 5 heteroatoms. The van der Waals surface area contributed by atoms with Gasteiger partial charge >= 0.3 is 0 Å². The largest absolute Gasteiger partial charge is 0.506 e. The Bertz CT molecular complexity index is 543. The van der Waals surface area contributed by atoms with E-state index in [-0.39, 0.29) is 16.9 Å². The Balaban J connectivity index is 2.67. The number of nitrogens with zero attached hydrogens (tertiary/aromatic N) is 1. The van der Waals surface area contributed by atoms with Gasteiger partial charge in [0.25, 0.3) is 0 Å². The highest BCUT2D eigenvalue weighted by Gasteiger charge is 2.14. The fourth-order valence-electron chi connectivity index (χ4n) is 1.34. The van der Waals surface area contributed by atoms with E-state index in [0.29, 0.717) is 0 Å². The minimum Gasteiger partial charge on any atom is -0.506 e. The lowest BCUT2D eigenvalue weighted by molar-refractivity contribution is 0.467. The van der Waals surface area contributed by atoms with Gasteiger partial charge in [-0.25, -0.2) is 13.8 Å². The van der Waals surface area contributed by atoms with E-state index in [0.717, 1.165) is 18.3 Å². The quantitative estimate of drug-likeness (QED) is 0.757. The second-order valence-electron chi connectivity index (χ2n) is 3.13. The molecule has 0 amide bonds. The smallest absolute Gasteiger partial charge is 0.221 e. The van der Waals surface area contributed by atoms with Crippen molar-refractivity contribution in [1.29, 1.82) is 0 Å². The van der Waals surface area contributed by atoms with Gasteiger partial charge in [-0.2, -0.15) is 4.39 Å². The van der Waals surface area contributed by atoms with Gasteiger partial charge in [0, 0.05) is 11.1 Å². The third-order valence-corrected chi connectivity index (χ3v) is 2.07. The van der Waals surface area contributed by atoms with Crippen LogP contribution in [0.5, 0.6) is 5.75 Å². The summed E-state index contributed by atoms with van der Waals surface area (Å²) < 4.78 is 39.5. The second kappa shape index (κ2) is 3.84. The molecule has 2 aromatic rings. The maximum atomic E-state index is 13.3. The number of aromatic hydroxyl groups is 1. The van der Waals surface area contributed by atoms with Gasteiger partial charge in [0.05, 0.1) is 6.20 Å². The lowest BCUT2D eigenvalue weighted by Crippen LogP contribution is -1.93. The molecule has 0 saturated heterocycles. The summed E-state index contributed by atoms with van der Waals surface area (Å²) in [5.41, 5.74) is -0.557. The summed E-state index contributed by atoms with van der Waals surface area (Å²) in [4.78, 5) is 3.22. The van der Waals surface area contributed by atoms with Crippen molar-refractivity contribution in [3.63, 3.8) is 0 Å². The van der Waals surface area contributed by atoms with E-state index in [4.69, 9.17) is 5.11 Å². The Morgan fingerprint density at radius 2 is 1.81 bits per heavy atom. The molecule has 0 aliphatic heterocycles. The first-order valence-corrected chi connectivity index (χ1v) is 4.38. The Morgan fingerprint density at radius 3 is 2.56 bits per heavy atom. The van der Waals surface area contributed by atoms with Gasteiger partial charge in [-0.15, -0.1) is 0 Å². The summed E-state index contributed by atoms with van der Waals surface area (Å²) in [6.07, 6.45) is 0.885. The van der Waals surface area contributed by atoms with Crippen LogP contribution in [0, 0.1) is 17.6 Å². The van der Waals surface area contributed by atoms with Crippen LogP contribution in [-0.4, -0.2) is 10.1 Å². The Kier molecular flexibility index (Phi) is 2.52. The van der Waals surface area contributed by atoms with E-state index < -0.39 is 17.6 Å². The molecule has 0 bridgehead atoms.